The summed E-state index contributed by atoms with van der Waals surface area (Å²) < 4.78 is 35.5. The van der Waals surface area contributed by atoms with Gasteiger partial charge in [0.15, 0.2) is 0 Å². The second-order valence-corrected chi connectivity index (χ2v) is 8.96. The third kappa shape index (κ3) is 8.31. The summed E-state index contributed by atoms with van der Waals surface area (Å²) in [5.74, 6) is 0.507. The van der Waals surface area contributed by atoms with E-state index in [0.29, 0.717) is 72.0 Å². The first-order chi connectivity index (χ1) is 14.7. The van der Waals surface area contributed by atoms with Crippen molar-refractivity contribution in [1.82, 2.24) is 9.80 Å². The molecule has 3 bridgehead atoms. The zero-order valence-corrected chi connectivity index (χ0v) is 19.0. The van der Waals surface area contributed by atoms with Crippen molar-refractivity contribution < 1.29 is 28.4 Å². The van der Waals surface area contributed by atoms with Crippen LogP contribution in [-0.4, -0.2) is 127 Å². The molecule has 0 aromatic carbocycles. The molecule has 0 aliphatic carbocycles. The molecule has 30 heavy (non-hydrogen) atoms. The number of nitrogens with zero attached hydrogens (tertiary/aromatic N) is 2. The van der Waals surface area contributed by atoms with E-state index in [0.717, 1.165) is 45.8 Å². The summed E-state index contributed by atoms with van der Waals surface area (Å²) in [4.78, 5) is 4.86. The maximum atomic E-state index is 6.05. The molecule has 3 heterocycles. The highest BCUT2D eigenvalue weighted by Crippen LogP contribution is 2.33. The molecular weight excluding hydrogens is 388 g/mol. The molecule has 0 spiro atoms. The summed E-state index contributed by atoms with van der Waals surface area (Å²) in [5, 5.41) is 0. The van der Waals surface area contributed by atoms with Gasteiger partial charge >= 0.3 is 0 Å². The Morgan fingerprint density at radius 2 is 1.33 bits per heavy atom. The van der Waals surface area contributed by atoms with Gasteiger partial charge < -0.3 is 28.4 Å². The van der Waals surface area contributed by atoms with Crippen LogP contribution in [0.1, 0.15) is 20.3 Å². The summed E-state index contributed by atoms with van der Waals surface area (Å²) in [6, 6.07) is 0. The summed E-state index contributed by atoms with van der Waals surface area (Å²) in [6.07, 6.45) is 1.22. The number of hydrogen-bond acceptors (Lipinski definition) is 8. The van der Waals surface area contributed by atoms with E-state index in [2.05, 4.69) is 23.6 Å². The molecule has 0 saturated carbocycles. The van der Waals surface area contributed by atoms with E-state index in [-0.39, 0.29) is 11.6 Å². The minimum atomic E-state index is 0.00652. The van der Waals surface area contributed by atoms with Gasteiger partial charge in [0.2, 0.25) is 0 Å². The molecule has 3 aliphatic rings. The maximum absolute atomic E-state index is 6.05. The third-order valence-corrected chi connectivity index (χ3v) is 6.24. The average Bonchev–Trinajstić information content (AvgIpc) is 3.03. The fourth-order valence-electron chi connectivity index (χ4n) is 4.64. The SMILES string of the molecule is CC1CN2CCOCCOCCN3CC(COCCO1)CC3(C)COCCOCC2. The molecule has 0 radical (unpaired) electrons. The zero-order valence-electron chi connectivity index (χ0n) is 19.0. The van der Waals surface area contributed by atoms with Crippen molar-refractivity contribution in [2.75, 3.05) is 105 Å². The van der Waals surface area contributed by atoms with Gasteiger partial charge in [-0.25, -0.2) is 0 Å². The van der Waals surface area contributed by atoms with Crippen LogP contribution in [0.15, 0.2) is 0 Å². The van der Waals surface area contributed by atoms with Gasteiger partial charge in [0, 0.05) is 38.3 Å². The fourth-order valence-corrected chi connectivity index (χ4v) is 4.64. The Hall–Kier alpha value is -0.320. The second-order valence-electron chi connectivity index (χ2n) is 8.96. The highest BCUT2D eigenvalue weighted by atomic mass is 16.5. The van der Waals surface area contributed by atoms with E-state index in [1.807, 2.05) is 0 Å². The van der Waals surface area contributed by atoms with Crippen LogP contribution >= 0.6 is 0 Å². The van der Waals surface area contributed by atoms with E-state index < -0.39 is 0 Å². The number of rotatable bonds is 0. The number of ether oxygens (including phenoxy) is 6. The van der Waals surface area contributed by atoms with Crippen LogP contribution in [0.3, 0.4) is 0 Å². The van der Waals surface area contributed by atoms with Crippen molar-refractivity contribution in [1.29, 1.82) is 0 Å². The first-order valence-corrected chi connectivity index (χ1v) is 11.6. The normalized spacial score (nSPS) is 37.6. The van der Waals surface area contributed by atoms with Crippen molar-refractivity contribution in [3.63, 3.8) is 0 Å². The Morgan fingerprint density at radius 3 is 2.07 bits per heavy atom. The van der Waals surface area contributed by atoms with Crippen molar-refractivity contribution in [3.8, 4) is 0 Å². The molecule has 0 aromatic heterocycles. The quantitative estimate of drug-likeness (QED) is 0.525. The Bertz CT molecular complexity index is 471. The van der Waals surface area contributed by atoms with E-state index in [1.165, 1.54) is 0 Å². The molecule has 8 heteroatoms. The molecular formula is C22H42N2O6. The lowest BCUT2D eigenvalue weighted by atomic mass is 9.95. The molecule has 4 unspecified atom stereocenters. The van der Waals surface area contributed by atoms with Crippen LogP contribution in [0.2, 0.25) is 0 Å². The lowest BCUT2D eigenvalue weighted by Crippen LogP contribution is -2.46. The van der Waals surface area contributed by atoms with Gasteiger partial charge in [0.25, 0.3) is 0 Å². The molecule has 0 amide bonds. The van der Waals surface area contributed by atoms with Crippen LogP contribution in [0.25, 0.3) is 0 Å². The van der Waals surface area contributed by atoms with Gasteiger partial charge in [-0.05, 0) is 26.2 Å². The first kappa shape index (κ1) is 24.3. The number of hydrogen-bond donors (Lipinski definition) is 0. The number of fused-ring (bicyclic) bond motifs is 8. The Morgan fingerprint density at radius 1 is 0.700 bits per heavy atom. The molecule has 3 saturated heterocycles. The second kappa shape index (κ2) is 13.3. The van der Waals surface area contributed by atoms with Gasteiger partial charge in [0.05, 0.1) is 78.8 Å². The Kier molecular flexibility index (Phi) is 10.8. The summed E-state index contributed by atoms with van der Waals surface area (Å²) in [7, 11) is 0. The van der Waals surface area contributed by atoms with Gasteiger partial charge in [-0.2, -0.15) is 0 Å². The zero-order chi connectivity index (χ0) is 21.1. The van der Waals surface area contributed by atoms with Gasteiger partial charge in [-0.1, -0.05) is 0 Å². The minimum Gasteiger partial charge on any atom is -0.379 e. The lowest BCUT2D eigenvalue weighted by Gasteiger charge is -2.35. The smallest absolute Gasteiger partial charge is 0.0704 e. The van der Waals surface area contributed by atoms with Gasteiger partial charge in [0.1, 0.15) is 0 Å². The van der Waals surface area contributed by atoms with Crippen molar-refractivity contribution in [2.24, 2.45) is 5.92 Å². The van der Waals surface area contributed by atoms with Crippen LogP contribution < -0.4 is 0 Å². The van der Waals surface area contributed by atoms with E-state index in [9.17, 15) is 0 Å². The van der Waals surface area contributed by atoms with Crippen molar-refractivity contribution in [2.45, 2.75) is 31.9 Å². The van der Waals surface area contributed by atoms with Crippen LogP contribution in [0.5, 0.6) is 0 Å². The van der Waals surface area contributed by atoms with Gasteiger partial charge in [-0.15, -0.1) is 0 Å². The molecule has 0 N–H and O–H groups in total. The lowest BCUT2D eigenvalue weighted by molar-refractivity contribution is -0.0322. The Balaban J connectivity index is 1.66. The van der Waals surface area contributed by atoms with Crippen molar-refractivity contribution >= 4 is 0 Å². The predicted octanol–water partition coefficient (Wildman–Crippen LogP) is 0.884. The Labute approximate surface area is 182 Å². The first-order valence-electron chi connectivity index (χ1n) is 11.6. The predicted molar refractivity (Wildman–Crippen MR) is 114 cm³/mol. The van der Waals surface area contributed by atoms with Crippen LogP contribution in [0, 0.1) is 5.92 Å². The average molecular weight is 431 g/mol. The third-order valence-electron chi connectivity index (χ3n) is 6.24. The molecule has 3 aliphatic heterocycles. The molecule has 3 rings (SSSR count). The van der Waals surface area contributed by atoms with Crippen LogP contribution in [0.4, 0.5) is 0 Å². The highest BCUT2D eigenvalue weighted by molar-refractivity contribution is 4.96. The fraction of sp³-hybridized carbons (Fsp3) is 1.00. The maximum Gasteiger partial charge on any atom is 0.0704 e. The minimum absolute atomic E-state index is 0.00652. The summed E-state index contributed by atoms with van der Waals surface area (Å²) in [6.45, 7) is 16.3. The molecule has 0 aromatic rings. The van der Waals surface area contributed by atoms with Crippen molar-refractivity contribution in [3.05, 3.63) is 0 Å². The van der Waals surface area contributed by atoms with E-state index >= 15 is 0 Å². The van der Waals surface area contributed by atoms with Gasteiger partial charge in [-0.3, -0.25) is 9.80 Å². The van der Waals surface area contributed by atoms with E-state index in [4.69, 9.17) is 28.4 Å². The van der Waals surface area contributed by atoms with E-state index in [1.54, 1.807) is 0 Å². The summed E-state index contributed by atoms with van der Waals surface area (Å²) in [5.41, 5.74) is 0.00652. The highest BCUT2D eigenvalue weighted by Gasteiger charge is 2.41. The summed E-state index contributed by atoms with van der Waals surface area (Å²) >= 11 is 0. The molecule has 4 atom stereocenters. The molecule has 8 nitrogen and oxygen atoms in total. The molecule has 3 fully saturated rings. The topological polar surface area (TPSA) is 61.9 Å². The van der Waals surface area contributed by atoms with Crippen LogP contribution in [-0.2, 0) is 28.4 Å². The standard InChI is InChI=1S/C22H42N2O6/c1-20-16-23-3-6-25-9-10-27-8-5-24-17-21(18-28-13-14-30-20)15-22(24,2)19-29-12-11-26-7-4-23/h20-21H,3-19H2,1-2H3. The molecule has 176 valence electrons. The monoisotopic (exact) mass is 430 g/mol. The largest absolute Gasteiger partial charge is 0.379 e.